The lowest BCUT2D eigenvalue weighted by molar-refractivity contribution is 0.559. The number of hydrogen-bond donors (Lipinski definition) is 1. The van der Waals surface area contributed by atoms with Crippen molar-refractivity contribution in [1.82, 2.24) is 19.6 Å². The van der Waals surface area contributed by atoms with E-state index in [2.05, 4.69) is 15.5 Å². The van der Waals surface area contributed by atoms with Crippen LogP contribution in [-0.4, -0.2) is 25.6 Å². The molecule has 1 saturated carbocycles. The van der Waals surface area contributed by atoms with Crippen LogP contribution in [0, 0.1) is 6.92 Å². The molecule has 1 aliphatic carbocycles. The summed E-state index contributed by atoms with van der Waals surface area (Å²) in [7, 11) is 0. The lowest BCUT2D eigenvalue weighted by Gasteiger charge is -2.08. The Labute approximate surface area is 117 Å². The van der Waals surface area contributed by atoms with E-state index >= 15 is 0 Å². The van der Waals surface area contributed by atoms with Gasteiger partial charge in [-0.1, -0.05) is 0 Å². The molecule has 1 N–H and O–H groups in total. The van der Waals surface area contributed by atoms with Crippen molar-refractivity contribution in [3.8, 4) is 0 Å². The summed E-state index contributed by atoms with van der Waals surface area (Å²) in [6, 6.07) is 4.13. The van der Waals surface area contributed by atoms with Crippen molar-refractivity contribution >= 4 is 5.69 Å². The molecular formula is C14H19N5O. The van der Waals surface area contributed by atoms with E-state index in [-0.39, 0.29) is 5.56 Å². The van der Waals surface area contributed by atoms with Gasteiger partial charge in [-0.25, -0.2) is 4.68 Å². The van der Waals surface area contributed by atoms with Crippen molar-refractivity contribution < 1.29 is 0 Å². The van der Waals surface area contributed by atoms with E-state index in [1.165, 1.54) is 17.5 Å². The summed E-state index contributed by atoms with van der Waals surface area (Å²) in [6.07, 6.45) is 4.08. The van der Waals surface area contributed by atoms with Crippen molar-refractivity contribution in [1.29, 1.82) is 0 Å². The highest BCUT2D eigenvalue weighted by Gasteiger charge is 2.21. The summed E-state index contributed by atoms with van der Waals surface area (Å²) in [5.74, 6) is 0. The van der Waals surface area contributed by atoms with Gasteiger partial charge in [0.15, 0.2) is 0 Å². The Morgan fingerprint density at radius 3 is 2.80 bits per heavy atom. The van der Waals surface area contributed by atoms with Crippen LogP contribution < -0.4 is 10.9 Å². The van der Waals surface area contributed by atoms with Crippen LogP contribution in [0.2, 0.25) is 0 Å². The zero-order chi connectivity index (χ0) is 14.1. The summed E-state index contributed by atoms with van der Waals surface area (Å²) in [4.78, 5) is 12.1. The SMILES string of the molecule is CCn1nc(C)cc1Cn1ncc(NC2CC2)cc1=O. The van der Waals surface area contributed by atoms with Crippen LogP contribution in [-0.2, 0) is 13.1 Å². The second-order valence-electron chi connectivity index (χ2n) is 5.25. The Balaban J connectivity index is 1.81. The predicted molar refractivity (Wildman–Crippen MR) is 76.9 cm³/mol. The van der Waals surface area contributed by atoms with E-state index in [0.29, 0.717) is 12.6 Å². The molecule has 1 fully saturated rings. The van der Waals surface area contributed by atoms with Gasteiger partial charge in [0.25, 0.3) is 5.56 Å². The van der Waals surface area contributed by atoms with Gasteiger partial charge in [-0.05, 0) is 32.8 Å². The number of nitrogens with one attached hydrogen (secondary N) is 1. The Kier molecular flexibility index (Phi) is 3.30. The standard InChI is InChI=1S/C14H19N5O/c1-3-18-13(6-10(2)17-18)9-19-14(20)7-12(8-15-19)16-11-4-5-11/h6-8,11,16H,3-5,9H2,1-2H3. The maximum atomic E-state index is 12.1. The summed E-state index contributed by atoms with van der Waals surface area (Å²) in [5.41, 5.74) is 2.69. The van der Waals surface area contributed by atoms with Crippen molar-refractivity contribution in [3.05, 3.63) is 40.1 Å². The molecule has 2 aromatic heterocycles. The number of rotatable bonds is 5. The zero-order valence-corrected chi connectivity index (χ0v) is 11.8. The highest BCUT2D eigenvalue weighted by molar-refractivity contribution is 5.41. The van der Waals surface area contributed by atoms with Gasteiger partial charge in [0.2, 0.25) is 0 Å². The third-order valence-corrected chi connectivity index (χ3v) is 3.41. The highest BCUT2D eigenvalue weighted by Crippen LogP contribution is 2.23. The average molecular weight is 273 g/mol. The third-order valence-electron chi connectivity index (χ3n) is 3.41. The first-order valence-corrected chi connectivity index (χ1v) is 7.02. The fraction of sp³-hybridized carbons (Fsp3) is 0.500. The summed E-state index contributed by atoms with van der Waals surface area (Å²) < 4.78 is 3.38. The summed E-state index contributed by atoms with van der Waals surface area (Å²) >= 11 is 0. The molecule has 0 bridgehead atoms. The molecule has 2 heterocycles. The predicted octanol–water partition coefficient (Wildman–Crippen LogP) is 1.39. The third kappa shape index (κ3) is 2.74. The summed E-state index contributed by atoms with van der Waals surface area (Å²) in [6.45, 7) is 5.24. The van der Waals surface area contributed by atoms with Gasteiger partial charge in [-0.15, -0.1) is 0 Å². The molecule has 6 nitrogen and oxygen atoms in total. The van der Waals surface area contributed by atoms with Crippen LogP contribution in [0.3, 0.4) is 0 Å². The first-order chi connectivity index (χ1) is 9.65. The molecule has 2 aromatic rings. The molecule has 0 saturated heterocycles. The monoisotopic (exact) mass is 273 g/mol. The van der Waals surface area contributed by atoms with Crippen molar-refractivity contribution in [2.75, 3.05) is 5.32 Å². The number of hydrogen-bond acceptors (Lipinski definition) is 4. The molecule has 0 aliphatic heterocycles. The smallest absolute Gasteiger partial charge is 0.269 e. The normalized spacial score (nSPS) is 14.5. The van der Waals surface area contributed by atoms with Crippen molar-refractivity contribution in [2.45, 2.75) is 45.8 Å². The number of aryl methyl sites for hydroxylation is 2. The molecule has 1 aliphatic rings. The molecule has 0 spiro atoms. The minimum Gasteiger partial charge on any atom is -0.381 e. The van der Waals surface area contributed by atoms with E-state index in [0.717, 1.165) is 23.6 Å². The molecule has 6 heteroatoms. The number of nitrogens with zero attached hydrogens (tertiary/aromatic N) is 4. The lowest BCUT2D eigenvalue weighted by atomic mass is 10.3. The molecule has 0 amide bonds. The number of aromatic nitrogens is 4. The highest BCUT2D eigenvalue weighted by atomic mass is 16.1. The van der Waals surface area contributed by atoms with Gasteiger partial charge in [-0.2, -0.15) is 10.2 Å². The second-order valence-corrected chi connectivity index (χ2v) is 5.25. The van der Waals surface area contributed by atoms with Gasteiger partial charge in [0.05, 0.1) is 29.8 Å². The van der Waals surface area contributed by atoms with E-state index in [1.54, 1.807) is 12.3 Å². The molecule has 106 valence electrons. The molecule has 20 heavy (non-hydrogen) atoms. The topological polar surface area (TPSA) is 64.7 Å². The van der Waals surface area contributed by atoms with Gasteiger partial charge in [0.1, 0.15) is 0 Å². The van der Waals surface area contributed by atoms with Crippen LogP contribution in [0.5, 0.6) is 0 Å². The van der Waals surface area contributed by atoms with Crippen LogP contribution in [0.1, 0.15) is 31.2 Å². The minimum atomic E-state index is -0.0860. The van der Waals surface area contributed by atoms with E-state index in [4.69, 9.17) is 0 Å². The Morgan fingerprint density at radius 1 is 1.35 bits per heavy atom. The quantitative estimate of drug-likeness (QED) is 0.894. The van der Waals surface area contributed by atoms with Crippen molar-refractivity contribution in [3.63, 3.8) is 0 Å². The van der Waals surface area contributed by atoms with Crippen molar-refractivity contribution in [2.24, 2.45) is 0 Å². The molecule has 0 atom stereocenters. The Hall–Kier alpha value is -2.11. The maximum Gasteiger partial charge on any atom is 0.269 e. The zero-order valence-electron chi connectivity index (χ0n) is 11.8. The fourth-order valence-electron chi connectivity index (χ4n) is 2.25. The minimum absolute atomic E-state index is 0.0860. The van der Waals surface area contributed by atoms with E-state index in [1.807, 2.05) is 24.6 Å². The van der Waals surface area contributed by atoms with Crippen LogP contribution in [0.4, 0.5) is 5.69 Å². The Morgan fingerprint density at radius 2 is 2.15 bits per heavy atom. The van der Waals surface area contributed by atoms with Crippen LogP contribution in [0.15, 0.2) is 23.1 Å². The average Bonchev–Trinajstić information content (AvgIpc) is 3.15. The van der Waals surface area contributed by atoms with E-state index < -0.39 is 0 Å². The first kappa shape index (κ1) is 12.9. The molecule has 0 aromatic carbocycles. The van der Waals surface area contributed by atoms with Gasteiger partial charge in [0, 0.05) is 18.7 Å². The molecule has 0 radical (unpaired) electrons. The Bertz CT molecular complexity index is 668. The van der Waals surface area contributed by atoms with Gasteiger partial charge < -0.3 is 5.32 Å². The largest absolute Gasteiger partial charge is 0.381 e. The van der Waals surface area contributed by atoms with Gasteiger partial charge in [-0.3, -0.25) is 9.48 Å². The fourth-order valence-corrected chi connectivity index (χ4v) is 2.25. The lowest BCUT2D eigenvalue weighted by Crippen LogP contribution is -2.24. The molecular weight excluding hydrogens is 254 g/mol. The summed E-state index contributed by atoms with van der Waals surface area (Å²) in [5, 5.41) is 11.9. The second kappa shape index (κ2) is 5.11. The van der Waals surface area contributed by atoms with Crippen LogP contribution in [0.25, 0.3) is 0 Å². The van der Waals surface area contributed by atoms with Crippen LogP contribution >= 0.6 is 0 Å². The van der Waals surface area contributed by atoms with E-state index in [9.17, 15) is 4.79 Å². The molecule has 3 rings (SSSR count). The first-order valence-electron chi connectivity index (χ1n) is 7.02. The molecule has 0 unspecified atom stereocenters. The maximum absolute atomic E-state index is 12.1. The van der Waals surface area contributed by atoms with Gasteiger partial charge >= 0.3 is 0 Å². The number of anilines is 1.